The second-order valence-corrected chi connectivity index (χ2v) is 11.2. The van der Waals surface area contributed by atoms with Crippen molar-refractivity contribution in [2.24, 2.45) is 0 Å². The van der Waals surface area contributed by atoms with Crippen LogP contribution in [0.5, 0.6) is 0 Å². The number of amides is 3. The number of piperidine rings is 1. The smallest absolute Gasteiger partial charge is 0.410 e. The van der Waals surface area contributed by atoms with Crippen LogP contribution in [0.25, 0.3) is 11.4 Å². The largest absolute Gasteiger partial charge is 0.451 e. The van der Waals surface area contributed by atoms with E-state index >= 15 is 0 Å². The number of carbonyl (C=O) groups excluding carboxylic acids is 3. The van der Waals surface area contributed by atoms with Crippen molar-refractivity contribution < 1.29 is 23.5 Å². The van der Waals surface area contributed by atoms with E-state index < -0.39 is 5.60 Å². The Hall–Kier alpha value is -4.28. The van der Waals surface area contributed by atoms with Crippen molar-refractivity contribution in [3.63, 3.8) is 0 Å². The van der Waals surface area contributed by atoms with Gasteiger partial charge in [-0.2, -0.15) is 0 Å². The molecule has 0 unspecified atom stereocenters. The summed E-state index contributed by atoms with van der Waals surface area (Å²) >= 11 is 0. The molecule has 11 nitrogen and oxygen atoms in total. The van der Waals surface area contributed by atoms with Gasteiger partial charge in [-0.05, 0) is 58.6 Å². The van der Waals surface area contributed by atoms with E-state index in [1.54, 1.807) is 41.6 Å². The Kier molecular flexibility index (Phi) is 7.81. The van der Waals surface area contributed by atoms with E-state index in [9.17, 15) is 14.4 Å². The molecule has 2 aliphatic rings. The summed E-state index contributed by atoms with van der Waals surface area (Å²) in [6.45, 7) is 6.96. The third kappa shape index (κ3) is 6.64. The van der Waals surface area contributed by atoms with E-state index in [1.807, 2.05) is 25.7 Å². The molecule has 0 bridgehead atoms. The van der Waals surface area contributed by atoms with Crippen LogP contribution in [-0.4, -0.2) is 73.4 Å². The molecule has 2 fully saturated rings. The quantitative estimate of drug-likeness (QED) is 0.469. The Morgan fingerprint density at radius 2 is 1.62 bits per heavy atom. The molecular weight excluding hydrogens is 512 g/mol. The highest BCUT2D eigenvalue weighted by atomic mass is 16.6. The van der Waals surface area contributed by atoms with E-state index in [0.717, 1.165) is 18.4 Å². The molecule has 210 valence electrons. The number of rotatable bonds is 7. The predicted molar refractivity (Wildman–Crippen MR) is 145 cm³/mol. The number of oxazole rings is 1. The van der Waals surface area contributed by atoms with Gasteiger partial charge in [-0.25, -0.2) is 19.7 Å². The van der Waals surface area contributed by atoms with Gasteiger partial charge in [0.25, 0.3) is 11.8 Å². The van der Waals surface area contributed by atoms with Gasteiger partial charge in [0.05, 0.1) is 17.8 Å². The first-order valence-corrected chi connectivity index (χ1v) is 13.6. The number of hydrogen-bond donors (Lipinski definition) is 1. The Labute approximate surface area is 232 Å². The zero-order valence-corrected chi connectivity index (χ0v) is 23.0. The minimum atomic E-state index is -0.536. The minimum absolute atomic E-state index is 0.0568. The lowest BCUT2D eigenvalue weighted by Crippen LogP contribution is -2.50. The molecule has 1 saturated heterocycles. The summed E-state index contributed by atoms with van der Waals surface area (Å²) in [6, 6.07) is 7.23. The minimum Gasteiger partial charge on any atom is -0.451 e. The average molecular weight is 547 g/mol. The molecule has 3 amide bonds. The monoisotopic (exact) mass is 546 g/mol. The van der Waals surface area contributed by atoms with Crippen LogP contribution in [0.15, 0.2) is 53.7 Å². The van der Waals surface area contributed by atoms with E-state index in [-0.39, 0.29) is 36.5 Å². The summed E-state index contributed by atoms with van der Waals surface area (Å²) in [6.07, 6.45) is 9.00. The standard InChI is InChI=1S/C29H34N6O5/c1-29(2,3)40-28(38)34-12-10-24(11-13-34)35(23-8-9-23)27(37)21-14-30-25(31-15-21)19-4-6-20(7-5-19)26(36)32-16-22-17-39-18-33-22/h4-7,14-15,17-18,23-24H,8-13,16H2,1-3H3,(H,32,36). The van der Waals surface area contributed by atoms with E-state index in [1.165, 1.54) is 12.7 Å². The van der Waals surface area contributed by atoms with Gasteiger partial charge in [0.15, 0.2) is 12.2 Å². The van der Waals surface area contributed by atoms with Gasteiger partial charge in [0.2, 0.25) is 0 Å². The lowest BCUT2D eigenvalue weighted by molar-refractivity contribution is 0.0142. The fourth-order valence-corrected chi connectivity index (χ4v) is 4.74. The summed E-state index contributed by atoms with van der Waals surface area (Å²) in [5.41, 5.74) is 1.78. The van der Waals surface area contributed by atoms with Gasteiger partial charge in [0, 0.05) is 48.7 Å². The van der Waals surface area contributed by atoms with Crippen LogP contribution in [0.1, 0.15) is 72.9 Å². The number of hydrogen-bond acceptors (Lipinski definition) is 8. The number of nitrogens with zero attached hydrogens (tertiary/aromatic N) is 5. The highest BCUT2D eigenvalue weighted by Gasteiger charge is 2.40. The van der Waals surface area contributed by atoms with Crippen LogP contribution in [0.4, 0.5) is 4.79 Å². The number of ether oxygens (including phenoxy) is 1. The molecule has 0 radical (unpaired) electrons. The molecule has 1 aliphatic heterocycles. The highest BCUT2D eigenvalue weighted by molar-refractivity contribution is 5.95. The van der Waals surface area contributed by atoms with E-state index in [2.05, 4.69) is 20.3 Å². The number of benzene rings is 1. The molecule has 3 aromatic rings. The fourth-order valence-electron chi connectivity index (χ4n) is 4.74. The molecule has 11 heteroatoms. The first kappa shape index (κ1) is 27.3. The topological polar surface area (TPSA) is 131 Å². The van der Waals surface area contributed by atoms with E-state index in [0.29, 0.717) is 48.6 Å². The SMILES string of the molecule is CC(C)(C)OC(=O)N1CCC(N(C(=O)c2cnc(-c3ccc(C(=O)NCc4cocn4)cc3)nc2)C2CC2)CC1. The fraction of sp³-hybridized carbons (Fsp3) is 0.448. The highest BCUT2D eigenvalue weighted by Crippen LogP contribution is 2.33. The first-order chi connectivity index (χ1) is 19.2. The van der Waals surface area contributed by atoms with Crippen LogP contribution in [0.2, 0.25) is 0 Å². The van der Waals surface area contributed by atoms with Gasteiger partial charge < -0.3 is 24.3 Å². The summed E-state index contributed by atoms with van der Waals surface area (Å²) in [4.78, 5) is 54.9. The first-order valence-electron chi connectivity index (χ1n) is 13.6. The van der Waals surface area contributed by atoms with Crippen molar-refractivity contribution in [3.05, 3.63) is 66.1 Å². The lowest BCUT2D eigenvalue weighted by atomic mass is 10.0. The third-order valence-corrected chi connectivity index (χ3v) is 6.90. The summed E-state index contributed by atoms with van der Waals surface area (Å²) < 4.78 is 10.4. The Balaban J connectivity index is 1.19. The van der Waals surface area contributed by atoms with Crippen molar-refractivity contribution >= 4 is 17.9 Å². The van der Waals surface area contributed by atoms with Crippen molar-refractivity contribution in [1.82, 2.24) is 30.1 Å². The van der Waals surface area contributed by atoms with Crippen LogP contribution in [0, 0.1) is 0 Å². The molecule has 5 rings (SSSR count). The Morgan fingerprint density at radius 3 is 2.20 bits per heavy atom. The zero-order chi connectivity index (χ0) is 28.3. The summed E-state index contributed by atoms with van der Waals surface area (Å²) in [7, 11) is 0. The second-order valence-electron chi connectivity index (χ2n) is 11.2. The lowest BCUT2D eigenvalue weighted by Gasteiger charge is -2.39. The van der Waals surface area contributed by atoms with Crippen LogP contribution in [0.3, 0.4) is 0 Å². The maximum Gasteiger partial charge on any atom is 0.410 e. The number of carbonyl (C=O) groups is 3. The van der Waals surface area contributed by atoms with Crippen molar-refractivity contribution in [2.75, 3.05) is 13.1 Å². The molecule has 1 N–H and O–H groups in total. The second kappa shape index (κ2) is 11.4. The van der Waals surface area contributed by atoms with Gasteiger partial charge in [0.1, 0.15) is 11.9 Å². The third-order valence-electron chi connectivity index (χ3n) is 6.90. The van der Waals surface area contributed by atoms with Crippen molar-refractivity contribution in [2.45, 2.75) is 70.7 Å². The van der Waals surface area contributed by atoms with Gasteiger partial charge in [-0.15, -0.1) is 0 Å². The predicted octanol–water partition coefficient (Wildman–Crippen LogP) is 4.07. The van der Waals surface area contributed by atoms with Crippen molar-refractivity contribution in [1.29, 1.82) is 0 Å². The summed E-state index contributed by atoms with van der Waals surface area (Å²) in [5, 5.41) is 2.79. The van der Waals surface area contributed by atoms with Crippen LogP contribution < -0.4 is 5.32 Å². The molecule has 1 aromatic carbocycles. The van der Waals surface area contributed by atoms with Crippen molar-refractivity contribution in [3.8, 4) is 11.4 Å². The molecule has 1 aliphatic carbocycles. The normalized spacial score (nSPS) is 15.9. The van der Waals surface area contributed by atoms with Gasteiger partial charge >= 0.3 is 6.09 Å². The molecule has 0 spiro atoms. The Bertz CT molecular complexity index is 1320. The van der Waals surface area contributed by atoms with Crippen LogP contribution in [-0.2, 0) is 11.3 Å². The average Bonchev–Trinajstić information content (AvgIpc) is 3.64. The molecule has 2 aromatic heterocycles. The maximum atomic E-state index is 13.5. The molecular formula is C29H34N6O5. The zero-order valence-electron chi connectivity index (χ0n) is 23.0. The molecule has 1 saturated carbocycles. The maximum absolute atomic E-state index is 13.5. The number of aromatic nitrogens is 3. The van der Waals surface area contributed by atoms with Gasteiger partial charge in [-0.3, -0.25) is 9.59 Å². The summed E-state index contributed by atoms with van der Waals surface area (Å²) in [5.74, 6) is 0.159. The number of nitrogens with one attached hydrogen (secondary N) is 1. The Morgan fingerprint density at radius 1 is 0.975 bits per heavy atom. The van der Waals surface area contributed by atoms with Gasteiger partial charge in [-0.1, -0.05) is 12.1 Å². The molecule has 3 heterocycles. The molecule has 40 heavy (non-hydrogen) atoms. The van der Waals surface area contributed by atoms with Crippen LogP contribution >= 0.6 is 0 Å². The molecule has 0 atom stereocenters. The van der Waals surface area contributed by atoms with E-state index in [4.69, 9.17) is 9.15 Å². The number of likely N-dealkylation sites (tertiary alicyclic amines) is 1.